The Morgan fingerprint density at radius 3 is 2.24 bits per heavy atom. The Kier molecular flexibility index (Phi) is 8.55. The van der Waals surface area contributed by atoms with Crippen molar-refractivity contribution in [2.45, 2.75) is 66.9 Å². The highest BCUT2D eigenvalue weighted by Gasteiger charge is 2.26. The predicted octanol–water partition coefficient (Wildman–Crippen LogP) is 6.39. The standard InChI is InChI=1S/C31H40N4O3/c1-7-23-10-9-11-24(8-2)28(23)29-32-22(6)26(19-38-27-18-25(20(3)4)13-12-21(27)5)30(33-29)34-14-16-35(17-15-34)31(36)37/h9-13,18,20H,7-8,14-17,19H2,1-6H3,(H,36,37). The summed E-state index contributed by atoms with van der Waals surface area (Å²) in [4.78, 5) is 25.4. The summed E-state index contributed by atoms with van der Waals surface area (Å²) < 4.78 is 6.41. The maximum atomic E-state index is 11.5. The van der Waals surface area contributed by atoms with Gasteiger partial charge in [0.25, 0.3) is 0 Å². The van der Waals surface area contributed by atoms with Crippen LogP contribution in [-0.4, -0.2) is 52.2 Å². The lowest BCUT2D eigenvalue weighted by Gasteiger charge is -2.35. The normalized spacial score (nSPS) is 13.8. The van der Waals surface area contributed by atoms with Crippen molar-refractivity contribution >= 4 is 11.9 Å². The Morgan fingerprint density at radius 1 is 1.00 bits per heavy atom. The van der Waals surface area contributed by atoms with Gasteiger partial charge in [-0.05, 0) is 60.9 Å². The second-order valence-corrected chi connectivity index (χ2v) is 10.3. The van der Waals surface area contributed by atoms with Gasteiger partial charge in [0.15, 0.2) is 5.82 Å². The fraction of sp³-hybridized carbons (Fsp3) is 0.452. The van der Waals surface area contributed by atoms with E-state index in [-0.39, 0.29) is 0 Å². The lowest BCUT2D eigenvalue weighted by molar-refractivity contribution is 0.142. The van der Waals surface area contributed by atoms with E-state index in [0.717, 1.165) is 52.6 Å². The Hall–Kier alpha value is -3.61. The zero-order valence-corrected chi connectivity index (χ0v) is 23.5. The van der Waals surface area contributed by atoms with Gasteiger partial charge in [0, 0.05) is 31.7 Å². The SMILES string of the molecule is CCc1cccc(CC)c1-c1nc(C)c(COc2cc(C(C)C)ccc2C)c(N2CCN(C(=O)O)CC2)n1. The fourth-order valence-corrected chi connectivity index (χ4v) is 5.04. The van der Waals surface area contributed by atoms with Crippen molar-refractivity contribution < 1.29 is 14.6 Å². The van der Waals surface area contributed by atoms with E-state index in [1.807, 2.05) is 6.92 Å². The third-order valence-electron chi connectivity index (χ3n) is 7.52. The Balaban J connectivity index is 1.76. The molecule has 2 heterocycles. The molecule has 0 aliphatic carbocycles. The van der Waals surface area contributed by atoms with Crippen molar-refractivity contribution in [3.63, 3.8) is 0 Å². The molecule has 1 aromatic heterocycles. The molecule has 1 N–H and O–H groups in total. The quantitative estimate of drug-likeness (QED) is 0.374. The molecule has 0 bridgehead atoms. The Labute approximate surface area is 226 Å². The molecule has 3 aromatic rings. The molecule has 0 spiro atoms. The molecule has 0 radical (unpaired) electrons. The van der Waals surface area contributed by atoms with Gasteiger partial charge < -0.3 is 19.6 Å². The van der Waals surface area contributed by atoms with Crippen LogP contribution in [0.1, 0.15) is 67.1 Å². The summed E-state index contributed by atoms with van der Waals surface area (Å²) in [5.74, 6) is 2.85. The first-order valence-corrected chi connectivity index (χ1v) is 13.7. The van der Waals surface area contributed by atoms with Crippen LogP contribution in [0.3, 0.4) is 0 Å². The second-order valence-electron chi connectivity index (χ2n) is 10.3. The van der Waals surface area contributed by atoms with Crippen molar-refractivity contribution in [3.05, 3.63) is 69.9 Å². The average Bonchev–Trinajstić information content (AvgIpc) is 2.92. The molecule has 2 aromatic carbocycles. The maximum Gasteiger partial charge on any atom is 0.407 e. The first kappa shape index (κ1) is 27.4. The van der Waals surface area contributed by atoms with Crippen molar-refractivity contribution in [2.75, 3.05) is 31.1 Å². The summed E-state index contributed by atoms with van der Waals surface area (Å²) in [6.07, 6.45) is 0.918. The number of ether oxygens (including phenoxy) is 1. The highest BCUT2D eigenvalue weighted by atomic mass is 16.5. The number of hydrogen-bond donors (Lipinski definition) is 1. The third-order valence-corrected chi connectivity index (χ3v) is 7.52. The van der Waals surface area contributed by atoms with Gasteiger partial charge in [0.2, 0.25) is 0 Å². The number of benzene rings is 2. The number of anilines is 1. The van der Waals surface area contributed by atoms with Crippen molar-refractivity contribution in [1.82, 2.24) is 14.9 Å². The highest BCUT2D eigenvalue weighted by molar-refractivity contribution is 5.69. The molecular weight excluding hydrogens is 476 g/mol. The minimum absolute atomic E-state index is 0.346. The zero-order valence-electron chi connectivity index (χ0n) is 23.5. The van der Waals surface area contributed by atoms with Gasteiger partial charge in [-0.15, -0.1) is 0 Å². The molecular formula is C31H40N4O3. The number of rotatable bonds is 8. The Bertz CT molecular complexity index is 1270. The number of nitrogens with zero attached hydrogens (tertiary/aromatic N) is 4. The van der Waals surface area contributed by atoms with Gasteiger partial charge in [0.1, 0.15) is 18.2 Å². The van der Waals surface area contributed by atoms with Crippen LogP contribution in [0.15, 0.2) is 36.4 Å². The number of aromatic nitrogens is 2. The average molecular weight is 517 g/mol. The van der Waals surface area contributed by atoms with E-state index in [2.05, 4.69) is 75.9 Å². The molecule has 0 unspecified atom stereocenters. The Morgan fingerprint density at radius 2 is 1.66 bits per heavy atom. The van der Waals surface area contributed by atoms with Crippen LogP contribution in [0.2, 0.25) is 0 Å². The summed E-state index contributed by atoms with van der Waals surface area (Å²) in [7, 11) is 0. The monoisotopic (exact) mass is 516 g/mol. The smallest absolute Gasteiger partial charge is 0.407 e. The van der Waals surface area contributed by atoms with E-state index in [4.69, 9.17) is 14.7 Å². The van der Waals surface area contributed by atoms with Gasteiger partial charge in [-0.3, -0.25) is 0 Å². The number of amides is 1. The topological polar surface area (TPSA) is 78.8 Å². The highest BCUT2D eigenvalue weighted by Crippen LogP contribution is 2.32. The molecule has 7 heteroatoms. The van der Waals surface area contributed by atoms with E-state index in [1.54, 1.807) is 0 Å². The molecule has 7 nitrogen and oxygen atoms in total. The molecule has 4 rings (SSSR count). The van der Waals surface area contributed by atoms with Gasteiger partial charge in [-0.25, -0.2) is 14.8 Å². The molecule has 1 aliphatic heterocycles. The molecule has 1 saturated heterocycles. The number of piperazine rings is 1. The fourth-order valence-electron chi connectivity index (χ4n) is 5.04. The zero-order chi connectivity index (χ0) is 27.4. The molecule has 38 heavy (non-hydrogen) atoms. The first-order valence-electron chi connectivity index (χ1n) is 13.7. The van der Waals surface area contributed by atoms with Crippen molar-refractivity contribution in [2.24, 2.45) is 0 Å². The minimum Gasteiger partial charge on any atom is -0.488 e. The number of hydrogen-bond acceptors (Lipinski definition) is 5. The summed E-state index contributed by atoms with van der Waals surface area (Å²) >= 11 is 0. The van der Waals surface area contributed by atoms with Crippen molar-refractivity contribution in [1.29, 1.82) is 0 Å². The maximum absolute atomic E-state index is 11.5. The largest absolute Gasteiger partial charge is 0.488 e. The lowest BCUT2D eigenvalue weighted by atomic mass is 9.96. The number of carbonyl (C=O) groups is 1. The molecule has 0 atom stereocenters. The first-order chi connectivity index (χ1) is 18.2. The lowest BCUT2D eigenvalue weighted by Crippen LogP contribution is -2.49. The van der Waals surface area contributed by atoms with Crippen LogP contribution in [0.25, 0.3) is 11.4 Å². The summed E-state index contributed by atoms with van der Waals surface area (Å²) in [6.45, 7) is 15.1. The van der Waals surface area contributed by atoms with E-state index in [1.165, 1.54) is 21.6 Å². The third kappa shape index (κ3) is 5.77. The van der Waals surface area contributed by atoms with Crippen LogP contribution in [0, 0.1) is 13.8 Å². The summed E-state index contributed by atoms with van der Waals surface area (Å²) in [5.41, 5.74) is 7.73. The predicted molar refractivity (Wildman–Crippen MR) is 152 cm³/mol. The van der Waals surface area contributed by atoms with Crippen LogP contribution in [0.5, 0.6) is 5.75 Å². The van der Waals surface area contributed by atoms with Gasteiger partial charge in [0.05, 0.1) is 11.3 Å². The number of carboxylic acid groups (broad SMARTS) is 1. The van der Waals surface area contributed by atoms with Crippen LogP contribution in [0.4, 0.5) is 10.6 Å². The van der Waals surface area contributed by atoms with Crippen LogP contribution < -0.4 is 9.64 Å². The second kappa shape index (κ2) is 11.8. The van der Waals surface area contributed by atoms with E-state index >= 15 is 0 Å². The van der Waals surface area contributed by atoms with E-state index < -0.39 is 6.09 Å². The van der Waals surface area contributed by atoms with E-state index in [9.17, 15) is 9.90 Å². The van der Waals surface area contributed by atoms with Gasteiger partial charge in [-0.2, -0.15) is 0 Å². The summed E-state index contributed by atoms with van der Waals surface area (Å²) in [6, 6.07) is 12.8. The molecule has 202 valence electrons. The van der Waals surface area contributed by atoms with Gasteiger partial charge >= 0.3 is 6.09 Å². The molecule has 1 aliphatic rings. The summed E-state index contributed by atoms with van der Waals surface area (Å²) in [5, 5.41) is 9.46. The van der Waals surface area contributed by atoms with E-state index in [0.29, 0.717) is 38.7 Å². The molecule has 1 amide bonds. The van der Waals surface area contributed by atoms with Gasteiger partial charge in [-0.1, -0.05) is 58.0 Å². The van der Waals surface area contributed by atoms with Crippen molar-refractivity contribution in [3.8, 4) is 17.1 Å². The molecule has 0 saturated carbocycles. The van der Waals surface area contributed by atoms with Crippen LogP contribution in [-0.2, 0) is 19.4 Å². The van der Waals surface area contributed by atoms with Crippen LogP contribution >= 0.6 is 0 Å². The molecule has 1 fully saturated rings. The minimum atomic E-state index is -0.877. The number of aryl methyl sites for hydroxylation is 4.